The minimum absolute atomic E-state index is 0.142. The van der Waals surface area contributed by atoms with Crippen LogP contribution in [0.1, 0.15) is 24.5 Å². The number of nitrogens with one attached hydrogen (secondary N) is 4. The van der Waals surface area contributed by atoms with E-state index in [2.05, 4.69) is 21.3 Å². The monoisotopic (exact) mass is 607 g/mol. The van der Waals surface area contributed by atoms with Crippen molar-refractivity contribution in [3.63, 3.8) is 0 Å². The van der Waals surface area contributed by atoms with Crippen molar-refractivity contribution in [1.29, 1.82) is 0 Å². The van der Waals surface area contributed by atoms with Crippen molar-refractivity contribution in [2.24, 2.45) is 0 Å². The zero-order valence-corrected chi connectivity index (χ0v) is 25.0. The Kier molecular flexibility index (Phi) is 12.0. The van der Waals surface area contributed by atoms with Crippen molar-refractivity contribution in [2.45, 2.75) is 43.9 Å². The molecule has 44 heavy (non-hydrogen) atoms. The number of morpholine rings is 1. The number of rotatable bonds is 16. The quantitative estimate of drug-likeness (QED) is 0.190. The van der Waals surface area contributed by atoms with E-state index in [0.717, 1.165) is 11.1 Å². The van der Waals surface area contributed by atoms with Gasteiger partial charge in [-0.1, -0.05) is 60.7 Å². The number of epoxide rings is 1. The molecule has 1 unspecified atom stereocenters. The fourth-order valence-electron chi connectivity index (χ4n) is 4.77. The second-order valence-corrected chi connectivity index (χ2v) is 11.2. The van der Waals surface area contributed by atoms with Crippen LogP contribution in [0.15, 0.2) is 60.7 Å². The van der Waals surface area contributed by atoms with E-state index in [1.54, 1.807) is 6.92 Å². The van der Waals surface area contributed by atoms with Gasteiger partial charge in [0.15, 0.2) is 5.78 Å². The van der Waals surface area contributed by atoms with Crippen molar-refractivity contribution in [3.05, 3.63) is 71.8 Å². The van der Waals surface area contributed by atoms with Crippen LogP contribution in [0.25, 0.3) is 0 Å². The molecule has 4 amide bonds. The molecular formula is C32H41N5O7. The summed E-state index contributed by atoms with van der Waals surface area (Å²) < 4.78 is 10.5. The minimum atomic E-state index is -0.982. The summed E-state index contributed by atoms with van der Waals surface area (Å²) in [4.78, 5) is 66.3. The van der Waals surface area contributed by atoms with Crippen LogP contribution < -0.4 is 21.3 Å². The Balaban J connectivity index is 1.33. The van der Waals surface area contributed by atoms with Crippen molar-refractivity contribution in [3.8, 4) is 0 Å². The van der Waals surface area contributed by atoms with Gasteiger partial charge in [0, 0.05) is 19.5 Å². The topological polar surface area (TPSA) is 158 Å². The molecule has 0 aromatic heterocycles. The second kappa shape index (κ2) is 16.1. The molecule has 236 valence electrons. The van der Waals surface area contributed by atoms with E-state index in [1.165, 1.54) is 0 Å². The third-order valence-electron chi connectivity index (χ3n) is 7.64. The van der Waals surface area contributed by atoms with Gasteiger partial charge in [0.2, 0.25) is 23.6 Å². The minimum Gasteiger partial charge on any atom is -0.379 e. The predicted octanol–water partition coefficient (Wildman–Crippen LogP) is -0.246. The fraction of sp³-hybridized carbons (Fsp3) is 0.469. The summed E-state index contributed by atoms with van der Waals surface area (Å²) in [7, 11) is 0. The molecule has 2 saturated heterocycles. The van der Waals surface area contributed by atoms with Crippen LogP contribution in [0.2, 0.25) is 0 Å². The molecule has 4 N–H and O–H groups in total. The number of benzene rings is 2. The van der Waals surface area contributed by atoms with Crippen LogP contribution in [-0.4, -0.2) is 105 Å². The molecule has 3 atom stereocenters. The molecule has 4 rings (SSSR count). The molecule has 12 heteroatoms. The van der Waals surface area contributed by atoms with Crippen LogP contribution in [-0.2, 0) is 46.3 Å². The molecule has 0 saturated carbocycles. The van der Waals surface area contributed by atoms with E-state index in [9.17, 15) is 24.0 Å². The summed E-state index contributed by atoms with van der Waals surface area (Å²) in [5.41, 5.74) is 0.954. The summed E-state index contributed by atoms with van der Waals surface area (Å²) in [6.07, 6.45) is 1.07. The van der Waals surface area contributed by atoms with Crippen molar-refractivity contribution >= 4 is 29.4 Å². The number of nitrogens with zero attached hydrogens (tertiary/aromatic N) is 1. The number of hydrogen-bond acceptors (Lipinski definition) is 8. The lowest BCUT2D eigenvalue weighted by Crippen LogP contribution is -2.54. The van der Waals surface area contributed by atoms with E-state index in [4.69, 9.17) is 9.47 Å². The van der Waals surface area contributed by atoms with Gasteiger partial charge in [0.25, 0.3) is 0 Å². The van der Waals surface area contributed by atoms with Gasteiger partial charge in [-0.25, -0.2) is 0 Å². The normalized spacial score (nSPS) is 19.2. The first kappa shape index (κ1) is 32.8. The first-order valence-corrected chi connectivity index (χ1v) is 14.9. The highest BCUT2D eigenvalue weighted by molar-refractivity contribution is 5.96. The molecule has 0 aliphatic carbocycles. The Bertz CT molecular complexity index is 1280. The predicted molar refractivity (Wildman–Crippen MR) is 161 cm³/mol. The zero-order chi connectivity index (χ0) is 31.4. The lowest BCUT2D eigenvalue weighted by atomic mass is 10.0. The van der Waals surface area contributed by atoms with Gasteiger partial charge >= 0.3 is 0 Å². The van der Waals surface area contributed by atoms with Crippen LogP contribution >= 0.6 is 0 Å². The number of amides is 4. The molecule has 12 nitrogen and oxygen atoms in total. The molecule has 2 aliphatic heterocycles. The highest BCUT2D eigenvalue weighted by Gasteiger charge is 2.46. The third kappa shape index (κ3) is 10.5. The maximum absolute atomic E-state index is 13.2. The van der Waals surface area contributed by atoms with Gasteiger partial charge in [-0.15, -0.1) is 0 Å². The van der Waals surface area contributed by atoms with Gasteiger partial charge in [0.05, 0.1) is 39.5 Å². The molecule has 2 aromatic carbocycles. The number of ketones is 1. The summed E-state index contributed by atoms with van der Waals surface area (Å²) in [6, 6.07) is 16.9. The second-order valence-electron chi connectivity index (χ2n) is 11.2. The molecule has 2 fully saturated rings. The molecule has 0 bridgehead atoms. The van der Waals surface area contributed by atoms with Crippen LogP contribution in [0.3, 0.4) is 0 Å². The zero-order valence-electron chi connectivity index (χ0n) is 25.0. The van der Waals surface area contributed by atoms with E-state index in [1.807, 2.05) is 65.6 Å². The summed E-state index contributed by atoms with van der Waals surface area (Å²) in [6.45, 7) is 3.85. The lowest BCUT2D eigenvalue weighted by Gasteiger charge is -2.27. The first-order chi connectivity index (χ1) is 21.2. The standard InChI is InChI=1S/C32H41N5O7/c1-32(22-44-32)27(38)19-33-31(42)26(18-24-10-6-3-7-11-24)36-28(39)20-34-30(41)25(13-12-23-8-4-2-5-9-23)35-29(40)21-37-14-16-43-17-15-37/h2-11,25-26H,12-22H2,1H3,(H,33,42)(H,34,41)(H,35,40)(H,36,39)/t25-,26-,32?/m0/s1. The number of aryl methyl sites for hydroxylation is 1. The number of hydrogen-bond donors (Lipinski definition) is 4. The fourth-order valence-corrected chi connectivity index (χ4v) is 4.77. The summed E-state index contributed by atoms with van der Waals surface area (Å²) >= 11 is 0. The highest BCUT2D eigenvalue weighted by Crippen LogP contribution is 2.26. The average molecular weight is 608 g/mol. The maximum atomic E-state index is 13.2. The Hall–Kier alpha value is -4.13. The van der Waals surface area contributed by atoms with E-state index in [0.29, 0.717) is 45.8 Å². The van der Waals surface area contributed by atoms with E-state index < -0.39 is 42.0 Å². The SMILES string of the molecule is CC1(C(=O)CNC(=O)[C@H](Cc2ccccc2)NC(=O)CNC(=O)[C@H](CCc2ccccc2)NC(=O)CN2CCOCC2)CO1. The van der Waals surface area contributed by atoms with Gasteiger partial charge in [-0.3, -0.25) is 28.9 Å². The average Bonchev–Trinajstić information content (AvgIpc) is 3.80. The smallest absolute Gasteiger partial charge is 0.243 e. The molecule has 0 radical (unpaired) electrons. The maximum Gasteiger partial charge on any atom is 0.243 e. The van der Waals surface area contributed by atoms with E-state index >= 15 is 0 Å². The number of carbonyl (C=O) groups is 5. The lowest BCUT2D eigenvalue weighted by molar-refractivity contribution is -0.132. The Morgan fingerprint density at radius 1 is 0.795 bits per heavy atom. The number of ether oxygens (including phenoxy) is 2. The van der Waals surface area contributed by atoms with Gasteiger partial charge in [0.1, 0.15) is 17.7 Å². The van der Waals surface area contributed by atoms with Gasteiger partial charge in [-0.05, 0) is 30.9 Å². The van der Waals surface area contributed by atoms with Gasteiger partial charge in [-0.2, -0.15) is 0 Å². The highest BCUT2D eigenvalue weighted by atomic mass is 16.6. The molecule has 2 aromatic rings. The van der Waals surface area contributed by atoms with Crippen molar-refractivity contribution in [1.82, 2.24) is 26.2 Å². The van der Waals surface area contributed by atoms with Crippen molar-refractivity contribution in [2.75, 3.05) is 52.5 Å². The molecular weight excluding hydrogens is 566 g/mol. The summed E-state index contributed by atoms with van der Waals surface area (Å²) in [5.74, 6) is -2.15. The van der Waals surface area contributed by atoms with Gasteiger partial charge < -0.3 is 30.7 Å². The molecule has 2 aliphatic rings. The Morgan fingerprint density at radius 2 is 1.36 bits per heavy atom. The third-order valence-corrected chi connectivity index (χ3v) is 7.64. The van der Waals surface area contributed by atoms with Crippen molar-refractivity contribution < 1.29 is 33.4 Å². The Labute approximate surface area is 257 Å². The summed E-state index contributed by atoms with van der Waals surface area (Å²) in [5, 5.41) is 10.7. The van der Waals surface area contributed by atoms with E-state index in [-0.39, 0.29) is 31.2 Å². The van der Waals surface area contributed by atoms with Crippen LogP contribution in [0.4, 0.5) is 0 Å². The number of carbonyl (C=O) groups excluding carboxylic acids is 5. The molecule has 0 spiro atoms. The Morgan fingerprint density at radius 3 is 2.00 bits per heavy atom. The largest absolute Gasteiger partial charge is 0.379 e. The van der Waals surface area contributed by atoms with Crippen LogP contribution in [0.5, 0.6) is 0 Å². The first-order valence-electron chi connectivity index (χ1n) is 14.9. The molecule has 2 heterocycles. The van der Waals surface area contributed by atoms with Crippen LogP contribution in [0, 0.1) is 0 Å². The number of Topliss-reactive ketones (excluding diaryl/α,β-unsaturated/α-hetero) is 1.